The van der Waals surface area contributed by atoms with Gasteiger partial charge in [-0.1, -0.05) is 18.2 Å². The maximum Gasteiger partial charge on any atom is 0.257 e. The molecule has 1 aliphatic rings. The first-order chi connectivity index (χ1) is 13.5. The molecule has 0 aliphatic carbocycles. The normalized spacial score (nSPS) is 15.2. The number of carbonyl (C=O) groups excluding carboxylic acids is 1. The third kappa shape index (κ3) is 3.59. The van der Waals surface area contributed by atoms with Crippen molar-refractivity contribution in [3.05, 3.63) is 65.2 Å². The Kier molecular flexibility index (Phi) is 5.03. The topological polar surface area (TPSA) is 56.0 Å². The van der Waals surface area contributed by atoms with Gasteiger partial charge in [0.15, 0.2) is 0 Å². The van der Waals surface area contributed by atoms with E-state index in [4.69, 9.17) is 0 Å². The van der Waals surface area contributed by atoms with Crippen molar-refractivity contribution in [3.63, 3.8) is 0 Å². The third-order valence-corrected chi connectivity index (χ3v) is 5.68. The van der Waals surface area contributed by atoms with E-state index < -0.39 is 0 Å². The van der Waals surface area contributed by atoms with E-state index in [1.807, 2.05) is 53.8 Å². The molecule has 0 spiro atoms. The van der Waals surface area contributed by atoms with Gasteiger partial charge in [-0.3, -0.25) is 9.48 Å². The van der Waals surface area contributed by atoms with E-state index in [9.17, 15) is 4.79 Å². The smallest absolute Gasteiger partial charge is 0.257 e. The van der Waals surface area contributed by atoms with Crippen LogP contribution in [0.15, 0.2) is 42.6 Å². The summed E-state index contributed by atoms with van der Waals surface area (Å²) in [5, 5.41) is 9.02. The Morgan fingerprint density at radius 2 is 1.82 bits per heavy atom. The average molecular weight is 377 g/mol. The van der Waals surface area contributed by atoms with Gasteiger partial charge < -0.3 is 4.90 Å². The zero-order valence-corrected chi connectivity index (χ0v) is 16.8. The van der Waals surface area contributed by atoms with E-state index in [0.717, 1.165) is 49.6 Å². The van der Waals surface area contributed by atoms with E-state index in [2.05, 4.69) is 27.9 Å². The van der Waals surface area contributed by atoms with Gasteiger partial charge in [-0.2, -0.15) is 10.2 Å². The number of piperidine rings is 1. The minimum Gasteiger partial charge on any atom is -0.339 e. The van der Waals surface area contributed by atoms with Crippen LogP contribution < -0.4 is 0 Å². The molecule has 1 fully saturated rings. The number of carbonyl (C=O) groups is 1. The number of amides is 1. The van der Waals surface area contributed by atoms with Crippen LogP contribution in [0.1, 0.15) is 40.3 Å². The summed E-state index contributed by atoms with van der Waals surface area (Å²) >= 11 is 0. The third-order valence-electron chi connectivity index (χ3n) is 5.68. The molecule has 1 aromatic carbocycles. The Morgan fingerprint density at radius 3 is 2.46 bits per heavy atom. The van der Waals surface area contributed by atoms with Crippen LogP contribution in [0, 0.1) is 26.7 Å². The van der Waals surface area contributed by atoms with E-state index >= 15 is 0 Å². The molecule has 3 aromatic rings. The number of hydrogen-bond donors (Lipinski definition) is 0. The maximum absolute atomic E-state index is 13.0. The van der Waals surface area contributed by atoms with Crippen molar-refractivity contribution in [1.82, 2.24) is 24.5 Å². The summed E-state index contributed by atoms with van der Waals surface area (Å²) in [6, 6.07) is 12.0. The average Bonchev–Trinajstić information content (AvgIpc) is 3.24. The summed E-state index contributed by atoms with van der Waals surface area (Å²) in [5.41, 5.74) is 4.83. The lowest BCUT2D eigenvalue weighted by Crippen LogP contribution is -2.39. The molecule has 6 nitrogen and oxygen atoms in total. The molecule has 0 radical (unpaired) electrons. The van der Waals surface area contributed by atoms with Crippen molar-refractivity contribution >= 4 is 5.91 Å². The molecule has 6 heteroatoms. The molecule has 0 saturated carbocycles. The largest absolute Gasteiger partial charge is 0.339 e. The summed E-state index contributed by atoms with van der Waals surface area (Å²) in [5.74, 6) is 0.652. The lowest BCUT2D eigenvalue weighted by Gasteiger charge is -2.32. The van der Waals surface area contributed by atoms with Gasteiger partial charge in [0, 0.05) is 25.3 Å². The van der Waals surface area contributed by atoms with Crippen LogP contribution in [0.5, 0.6) is 0 Å². The lowest BCUT2D eigenvalue weighted by atomic mass is 9.96. The highest BCUT2D eigenvalue weighted by Gasteiger charge is 2.26. The number of benzene rings is 1. The highest BCUT2D eigenvalue weighted by atomic mass is 16.2. The van der Waals surface area contributed by atoms with Crippen molar-refractivity contribution in [2.75, 3.05) is 13.1 Å². The predicted molar refractivity (Wildman–Crippen MR) is 109 cm³/mol. The molecule has 0 N–H and O–H groups in total. The Bertz CT molecular complexity index is 964. The van der Waals surface area contributed by atoms with Crippen molar-refractivity contribution < 1.29 is 4.79 Å². The number of aryl methyl sites for hydroxylation is 2. The van der Waals surface area contributed by atoms with E-state index in [1.54, 1.807) is 6.20 Å². The molecule has 3 heterocycles. The van der Waals surface area contributed by atoms with Crippen LogP contribution in [0.4, 0.5) is 0 Å². The molecule has 0 atom stereocenters. The van der Waals surface area contributed by atoms with Gasteiger partial charge in [0.1, 0.15) is 0 Å². The van der Waals surface area contributed by atoms with Crippen molar-refractivity contribution in [2.24, 2.45) is 5.92 Å². The van der Waals surface area contributed by atoms with Crippen LogP contribution in [0.2, 0.25) is 0 Å². The molecular formula is C22H27N5O. The molecule has 1 amide bonds. The van der Waals surface area contributed by atoms with Crippen LogP contribution in [-0.4, -0.2) is 43.5 Å². The highest BCUT2D eigenvalue weighted by Crippen LogP contribution is 2.23. The molecule has 0 unspecified atom stereocenters. The number of rotatable bonds is 4. The highest BCUT2D eigenvalue weighted by molar-refractivity contribution is 5.95. The van der Waals surface area contributed by atoms with Gasteiger partial charge in [-0.15, -0.1) is 0 Å². The fraction of sp³-hybridized carbons (Fsp3) is 0.409. The molecule has 0 bridgehead atoms. The standard InChI is InChI=1S/C22H27N5O/c1-16-13-17(2)26(24-16)15-19-9-11-25(12-10-19)22(28)21-14-23-27(18(21)3)20-7-5-4-6-8-20/h4-8,13-14,19H,9-12,15H2,1-3H3. The fourth-order valence-electron chi connectivity index (χ4n) is 4.04. The second-order valence-electron chi connectivity index (χ2n) is 7.74. The first-order valence-electron chi connectivity index (χ1n) is 9.93. The molecule has 1 saturated heterocycles. The number of nitrogens with zero attached hydrogens (tertiary/aromatic N) is 5. The number of likely N-dealkylation sites (tertiary alicyclic amines) is 1. The van der Waals surface area contributed by atoms with Crippen LogP contribution in [0.25, 0.3) is 5.69 Å². The zero-order chi connectivity index (χ0) is 19.7. The van der Waals surface area contributed by atoms with E-state index in [0.29, 0.717) is 11.5 Å². The lowest BCUT2D eigenvalue weighted by molar-refractivity contribution is 0.0680. The van der Waals surface area contributed by atoms with Crippen LogP contribution in [-0.2, 0) is 6.54 Å². The van der Waals surface area contributed by atoms with Gasteiger partial charge >= 0.3 is 0 Å². The van der Waals surface area contributed by atoms with Crippen molar-refractivity contribution in [2.45, 2.75) is 40.2 Å². The Labute approximate surface area is 165 Å². The molecule has 4 rings (SSSR count). The molecule has 146 valence electrons. The Balaban J connectivity index is 1.41. The maximum atomic E-state index is 13.0. The Hall–Kier alpha value is -2.89. The second-order valence-corrected chi connectivity index (χ2v) is 7.74. The molecule has 1 aliphatic heterocycles. The van der Waals surface area contributed by atoms with Crippen LogP contribution >= 0.6 is 0 Å². The minimum atomic E-state index is 0.0873. The van der Waals surface area contributed by atoms with Gasteiger partial charge in [-0.05, 0) is 57.7 Å². The van der Waals surface area contributed by atoms with E-state index in [1.165, 1.54) is 5.69 Å². The van der Waals surface area contributed by atoms with Gasteiger partial charge in [0.05, 0.1) is 28.8 Å². The summed E-state index contributed by atoms with van der Waals surface area (Å²) < 4.78 is 3.94. The quantitative estimate of drug-likeness (QED) is 0.699. The first kappa shape index (κ1) is 18.5. The second kappa shape index (κ2) is 7.62. The summed E-state index contributed by atoms with van der Waals surface area (Å²) in [6.07, 6.45) is 3.72. The number of para-hydroxylation sites is 1. The molecule has 2 aromatic heterocycles. The fourth-order valence-corrected chi connectivity index (χ4v) is 4.04. The summed E-state index contributed by atoms with van der Waals surface area (Å²) in [7, 11) is 0. The van der Waals surface area contributed by atoms with Gasteiger partial charge in [0.25, 0.3) is 5.91 Å². The SMILES string of the molecule is Cc1cc(C)n(CC2CCN(C(=O)c3cnn(-c4ccccc4)c3C)CC2)n1. The number of hydrogen-bond acceptors (Lipinski definition) is 3. The van der Waals surface area contributed by atoms with Gasteiger partial charge in [0.2, 0.25) is 0 Å². The predicted octanol–water partition coefficient (Wildman–Crippen LogP) is 3.55. The monoisotopic (exact) mass is 377 g/mol. The molecular weight excluding hydrogens is 350 g/mol. The Morgan fingerprint density at radius 1 is 1.11 bits per heavy atom. The van der Waals surface area contributed by atoms with Gasteiger partial charge in [-0.25, -0.2) is 4.68 Å². The number of aromatic nitrogens is 4. The van der Waals surface area contributed by atoms with E-state index in [-0.39, 0.29) is 5.91 Å². The van der Waals surface area contributed by atoms with Crippen molar-refractivity contribution in [1.29, 1.82) is 0 Å². The first-order valence-corrected chi connectivity index (χ1v) is 9.93. The summed E-state index contributed by atoms with van der Waals surface area (Å²) in [6.45, 7) is 8.61. The summed E-state index contributed by atoms with van der Waals surface area (Å²) in [4.78, 5) is 15.0. The molecule has 28 heavy (non-hydrogen) atoms. The minimum absolute atomic E-state index is 0.0873. The van der Waals surface area contributed by atoms with Crippen molar-refractivity contribution in [3.8, 4) is 5.69 Å². The van der Waals surface area contributed by atoms with Crippen LogP contribution in [0.3, 0.4) is 0 Å². The zero-order valence-electron chi connectivity index (χ0n) is 16.8.